The quantitative estimate of drug-likeness (QED) is 0.923. The molecule has 0 aromatic heterocycles. The lowest BCUT2D eigenvalue weighted by atomic mass is 10.00. The van der Waals surface area contributed by atoms with Crippen LogP contribution >= 0.6 is 0 Å². The fourth-order valence-corrected chi connectivity index (χ4v) is 2.51. The van der Waals surface area contributed by atoms with E-state index >= 15 is 0 Å². The first-order valence-electron chi connectivity index (χ1n) is 7.83. The number of para-hydroxylation sites is 1. The predicted molar refractivity (Wildman–Crippen MR) is 84.4 cm³/mol. The molecule has 2 amide bonds. The maximum atomic E-state index is 12.2. The number of ether oxygens (including phenoxy) is 1. The highest BCUT2D eigenvalue weighted by Crippen LogP contribution is 2.20. The summed E-state index contributed by atoms with van der Waals surface area (Å²) in [6, 6.07) is 7.90. The minimum atomic E-state index is 0.0289. The lowest BCUT2D eigenvalue weighted by molar-refractivity contribution is 0.173. The number of likely N-dealkylation sites (tertiary alicyclic amines) is 1. The smallest absolute Gasteiger partial charge is 0.317 e. The van der Waals surface area contributed by atoms with E-state index in [1.54, 1.807) is 0 Å². The normalized spacial score (nSPS) is 16.1. The standard InChI is InChI=1S/C17H26N2O2/c1-13(2)21-16-7-5-4-6-15(16)12-18-17(20)19-10-8-14(3)9-11-19/h4-7,13-14H,8-12H2,1-3H3,(H,18,20). The van der Waals surface area contributed by atoms with Crippen LogP contribution in [-0.2, 0) is 6.54 Å². The van der Waals surface area contributed by atoms with Crippen molar-refractivity contribution in [3.63, 3.8) is 0 Å². The van der Waals surface area contributed by atoms with Crippen LogP contribution in [0.3, 0.4) is 0 Å². The largest absolute Gasteiger partial charge is 0.491 e. The van der Waals surface area contributed by atoms with Gasteiger partial charge < -0.3 is 15.0 Å². The van der Waals surface area contributed by atoms with E-state index in [1.165, 1.54) is 0 Å². The third-order valence-electron chi connectivity index (χ3n) is 3.84. The Kier molecular flexibility index (Phi) is 5.48. The molecule has 4 heteroatoms. The van der Waals surface area contributed by atoms with Crippen LogP contribution in [0.1, 0.15) is 39.2 Å². The monoisotopic (exact) mass is 290 g/mol. The van der Waals surface area contributed by atoms with Gasteiger partial charge >= 0.3 is 6.03 Å². The topological polar surface area (TPSA) is 41.6 Å². The highest BCUT2D eigenvalue weighted by atomic mass is 16.5. The summed E-state index contributed by atoms with van der Waals surface area (Å²) in [5.41, 5.74) is 1.02. The van der Waals surface area contributed by atoms with Crippen LogP contribution < -0.4 is 10.1 Å². The zero-order valence-electron chi connectivity index (χ0n) is 13.3. The Morgan fingerprint density at radius 2 is 2.00 bits per heavy atom. The van der Waals surface area contributed by atoms with Gasteiger partial charge in [0.15, 0.2) is 0 Å². The van der Waals surface area contributed by atoms with Crippen molar-refractivity contribution in [3.05, 3.63) is 29.8 Å². The Morgan fingerprint density at radius 1 is 1.33 bits per heavy atom. The summed E-state index contributed by atoms with van der Waals surface area (Å²) < 4.78 is 5.77. The maximum Gasteiger partial charge on any atom is 0.317 e. The number of urea groups is 1. The zero-order valence-corrected chi connectivity index (χ0v) is 13.3. The van der Waals surface area contributed by atoms with Crippen molar-refractivity contribution in [1.82, 2.24) is 10.2 Å². The number of hydrogen-bond acceptors (Lipinski definition) is 2. The molecule has 116 valence electrons. The number of carbonyl (C=O) groups is 1. The molecule has 1 fully saturated rings. The minimum Gasteiger partial charge on any atom is -0.491 e. The molecule has 21 heavy (non-hydrogen) atoms. The Labute approximate surface area is 127 Å². The van der Waals surface area contributed by atoms with Crippen molar-refractivity contribution in [2.75, 3.05) is 13.1 Å². The van der Waals surface area contributed by atoms with Gasteiger partial charge in [-0.05, 0) is 38.7 Å². The molecule has 1 aromatic carbocycles. The molecule has 1 heterocycles. The van der Waals surface area contributed by atoms with Gasteiger partial charge in [-0.15, -0.1) is 0 Å². The first-order valence-corrected chi connectivity index (χ1v) is 7.83. The first kappa shape index (κ1) is 15.7. The SMILES string of the molecule is CC1CCN(C(=O)NCc2ccccc2OC(C)C)CC1. The van der Waals surface area contributed by atoms with E-state index in [4.69, 9.17) is 4.74 Å². The Balaban J connectivity index is 1.89. The van der Waals surface area contributed by atoms with E-state index in [0.29, 0.717) is 6.54 Å². The van der Waals surface area contributed by atoms with Crippen LogP contribution in [0.2, 0.25) is 0 Å². The summed E-state index contributed by atoms with van der Waals surface area (Å²) in [6.45, 7) is 8.48. The van der Waals surface area contributed by atoms with Crippen molar-refractivity contribution >= 4 is 6.03 Å². The average Bonchev–Trinajstić information content (AvgIpc) is 2.46. The van der Waals surface area contributed by atoms with E-state index < -0.39 is 0 Å². The van der Waals surface area contributed by atoms with E-state index in [1.807, 2.05) is 43.0 Å². The molecule has 0 radical (unpaired) electrons. The van der Waals surface area contributed by atoms with Crippen molar-refractivity contribution in [3.8, 4) is 5.75 Å². The first-order chi connectivity index (χ1) is 10.1. The van der Waals surface area contributed by atoms with Gasteiger partial charge in [0, 0.05) is 25.2 Å². The van der Waals surface area contributed by atoms with Crippen LogP contribution in [-0.4, -0.2) is 30.1 Å². The molecule has 0 aliphatic carbocycles. The molecule has 0 spiro atoms. The summed E-state index contributed by atoms with van der Waals surface area (Å²) in [4.78, 5) is 14.1. The number of nitrogens with one attached hydrogen (secondary N) is 1. The summed E-state index contributed by atoms with van der Waals surface area (Å²) in [7, 11) is 0. The number of hydrogen-bond donors (Lipinski definition) is 1. The van der Waals surface area contributed by atoms with Gasteiger partial charge in [0.2, 0.25) is 0 Å². The zero-order chi connectivity index (χ0) is 15.2. The molecule has 1 aliphatic rings. The fraction of sp³-hybridized carbons (Fsp3) is 0.588. The van der Waals surface area contributed by atoms with Gasteiger partial charge in [-0.25, -0.2) is 4.79 Å². The molecule has 1 aromatic rings. The second-order valence-corrected chi connectivity index (χ2v) is 6.10. The maximum absolute atomic E-state index is 12.2. The van der Waals surface area contributed by atoms with Crippen LogP contribution in [0.4, 0.5) is 4.79 Å². The number of amides is 2. The highest BCUT2D eigenvalue weighted by Gasteiger charge is 2.20. The van der Waals surface area contributed by atoms with Crippen LogP contribution in [0, 0.1) is 5.92 Å². The van der Waals surface area contributed by atoms with Crippen molar-refractivity contribution in [2.24, 2.45) is 5.92 Å². The van der Waals surface area contributed by atoms with Gasteiger partial charge in [-0.3, -0.25) is 0 Å². The second-order valence-electron chi connectivity index (χ2n) is 6.10. The molecule has 1 saturated heterocycles. The molecule has 1 aliphatic heterocycles. The number of benzene rings is 1. The van der Waals surface area contributed by atoms with Crippen LogP contribution in [0.15, 0.2) is 24.3 Å². The fourth-order valence-electron chi connectivity index (χ4n) is 2.51. The third-order valence-corrected chi connectivity index (χ3v) is 3.84. The summed E-state index contributed by atoms with van der Waals surface area (Å²) in [6.07, 6.45) is 2.33. The minimum absolute atomic E-state index is 0.0289. The molecular weight excluding hydrogens is 264 g/mol. The van der Waals surface area contributed by atoms with E-state index in [0.717, 1.165) is 43.2 Å². The van der Waals surface area contributed by atoms with Gasteiger partial charge in [0.05, 0.1) is 6.10 Å². The van der Waals surface area contributed by atoms with Crippen molar-refractivity contribution < 1.29 is 9.53 Å². The Hall–Kier alpha value is -1.71. The molecule has 0 bridgehead atoms. The lowest BCUT2D eigenvalue weighted by Gasteiger charge is -2.30. The Bertz CT molecular complexity index is 466. The third kappa shape index (κ3) is 4.66. The highest BCUT2D eigenvalue weighted by molar-refractivity contribution is 5.74. The van der Waals surface area contributed by atoms with Crippen LogP contribution in [0.5, 0.6) is 5.75 Å². The van der Waals surface area contributed by atoms with Gasteiger partial charge in [0.1, 0.15) is 5.75 Å². The number of nitrogens with zero attached hydrogens (tertiary/aromatic N) is 1. The lowest BCUT2D eigenvalue weighted by Crippen LogP contribution is -2.43. The predicted octanol–water partition coefficient (Wildman–Crippen LogP) is 3.42. The van der Waals surface area contributed by atoms with Crippen LogP contribution in [0.25, 0.3) is 0 Å². The number of carbonyl (C=O) groups excluding carboxylic acids is 1. The van der Waals surface area contributed by atoms with E-state index in [2.05, 4.69) is 12.2 Å². The molecule has 0 unspecified atom stereocenters. The van der Waals surface area contributed by atoms with Gasteiger partial charge in [0.25, 0.3) is 0 Å². The van der Waals surface area contributed by atoms with E-state index in [9.17, 15) is 4.79 Å². The van der Waals surface area contributed by atoms with E-state index in [-0.39, 0.29) is 12.1 Å². The number of rotatable bonds is 4. The molecule has 1 N–H and O–H groups in total. The van der Waals surface area contributed by atoms with Crippen molar-refractivity contribution in [2.45, 2.75) is 46.3 Å². The number of piperidine rings is 1. The van der Waals surface area contributed by atoms with Gasteiger partial charge in [-0.2, -0.15) is 0 Å². The van der Waals surface area contributed by atoms with Crippen molar-refractivity contribution in [1.29, 1.82) is 0 Å². The molecule has 0 saturated carbocycles. The van der Waals surface area contributed by atoms with Gasteiger partial charge in [-0.1, -0.05) is 25.1 Å². The summed E-state index contributed by atoms with van der Waals surface area (Å²) in [5.74, 6) is 1.58. The summed E-state index contributed by atoms with van der Waals surface area (Å²) in [5, 5.41) is 3.00. The second kappa shape index (κ2) is 7.34. The molecule has 4 nitrogen and oxygen atoms in total. The molecule has 0 atom stereocenters. The molecule has 2 rings (SSSR count). The Morgan fingerprint density at radius 3 is 2.67 bits per heavy atom. The molecular formula is C17H26N2O2. The average molecular weight is 290 g/mol. The summed E-state index contributed by atoms with van der Waals surface area (Å²) >= 11 is 0.